The summed E-state index contributed by atoms with van der Waals surface area (Å²) >= 11 is 1.86. The van der Waals surface area contributed by atoms with Crippen molar-refractivity contribution in [2.45, 2.75) is 31.9 Å². The zero-order valence-electron chi connectivity index (χ0n) is 13.2. The number of carbonyl (C=O) groups excluding carboxylic acids is 1. The Balaban J connectivity index is 0.00000208. The molecule has 0 spiro atoms. The summed E-state index contributed by atoms with van der Waals surface area (Å²) in [5.74, 6) is 2.28. The van der Waals surface area contributed by atoms with Crippen LogP contribution in [0, 0.1) is 0 Å². The van der Waals surface area contributed by atoms with Crippen LogP contribution < -0.4 is 15.0 Å². The molecule has 1 unspecified atom stereocenters. The Morgan fingerprint density at radius 2 is 2.29 bits per heavy atom. The molecule has 0 aromatic heterocycles. The van der Waals surface area contributed by atoms with Gasteiger partial charge in [0.15, 0.2) is 0 Å². The first kappa shape index (κ1) is 19.3. The molecule has 0 saturated carbocycles. The number of aryl methyl sites for hydroxylation is 1. The highest BCUT2D eigenvalue weighted by Crippen LogP contribution is 2.31. The van der Waals surface area contributed by atoms with E-state index in [9.17, 15) is 13.6 Å². The van der Waals surface area contributed by atoms with Gasteiger partial charge in [0, 0.05) is 42.7 Å². The molecule has 3 rings (SSSR count). The summed E-state index contributed by atoms with van der Waals surface area (Å²) in [7, 11) is 0. The van der Waals surface area contributed by atoms with Crippen LogP contribution in [0.25, 0.3) is 0 Å². The van der Waals surface area contributed by atoms with E-state index in [1.54, 1.807) is 17.0 Å². The normalized spacial score (nSPS) is 20.3. The Morgan fingerprint density at radius 1 is 1.46 bits per heavy atom. The maximum Gasteiger partial charge on any atom is 0.387 e. The molecule has 1 aromatic carbocycles. The van der Waals surface area contributed by atoms with E-state index < -0.39 is 6.61 Å². The molecule has 2 heterocycles. The first-order chi connectivity index (χ1) is 11.1. The average Bonchev–Trinajstić information content (AvgIpc) is 2.54. The Kier molecular flexibility index (Phi) is 7.13. The zero-order chi connectivity index (χ0) is 16.2. The van der Waals surface area contributed by atoms with Gasteiger partial charge in [0.25, 0.3) is 0 Å². The van der Waals surface area contributed by atoms with Crippen LogP contribution in [0.3, 0.4) is 0 Å². The summed E-state index contributed by atoms with van der Waals surface area (Å²) in [4.78, 5) is 14.4. The lowest BCUT2D eigenvalue weighted by atomic mass is 10.0. The number of amides is 1. The molecule has 24 heavy (non-hydrogen) atoms. The first-order valence-corrected chi connectivity index (χ1v) is 8.98. The minimum atomic E-state index is -2.83. The predicted octanol–water partition coefficient (Wildman–Crippen LogP) is 3.08. The van der Waals surface area contributed by atoms with Crippen LogP contribution in [0.15, 0.2) is 18.2 Å². The van der Waals surface area contributed by atoms with Gasteiger partial charge in [-0.2, -0.15) is 20.5 Å². The molecule has 0 radical (unpaired) electrons. The molecule has 1 N–H and O–H groups in total. The van der Waals surface area contributed by atoms with Gasteiger partial charge >= 0.3 is 6.61 Å². The maximum atomic E-state index is 12.6. The van der Waals surface area contributed by atoms with E-state index in [0.29, 0.717) is 13.0 Å². The summed E-state index contributed by atoms with van der Waals surface area (Å²) in [6.07, 6.45) is 2.09. The molecule has 2 aliphatic rings. The van der Waals surface area contributed by atoms with Crippen LogP contribution in [0.1, 0.15) is 18.4 Å². The molecule has 1 aromatic rings. The number of nitrogens with one attached hydrogen (secondary N) is 1. The van der Waals surface area contributed by atoms with E-state index in [4.69, 9.17) is 0 Å². The highest BCUT2D eigenvalue weighted by molar-refractivity contribution is 7.99. The van der Waals surface area contributed by atoms with Crippen LogP contribution in [-0.2, 0) is 11.2 Å². The van der Waals surface area contributed by atoms with Gasteiger partial charge in [0.05, 0.1) is 0 Å². The van der Waals surface area contributed by atoms with Gasteiger partial charge in [0.1, 0.15) is 5.75 Å². The van der Waals surface area contributed by atoms with Crippen molar-refractivity contribution >= 4 is 35.8 Å². The molecule has 8 heteroatoms. The van der Waals surface area contributed by atoms with Crippen molar-refractivity contribution in [2.24, 2.45) is 0 Å². The molecule has 4 nitrogen and oxygen atoms in total. The van der Waals surface area contributed by atoms with E-state index in [1.807, 2.05) is 11.8 Å². The fourth-order valence-electron chi connectivity index (χ4n) is 3.08. The number of alkyl halides is 2. The molecule has 0 bridgehead atoms. The molecule has 1 fully saturated rings. The molecule has 134 valence electrons. The summed E-state index contributed by atoms with van der Waals surface area (Å²) < 4.78 is 29.1. The third-order valence-electron chi connectivity index (χ3n) is 4.12. The van der Waals surface area contributed by atoms with Gasteiger partial charge in [-0.05, 0) is 36.6 Å². The minimum absolute atomic E-state index is 0. The van der Waals surface area contributed by atoms with Gasteiger partial charge in [-0.15, -0.1) is 12.4 Å². The Hall–Kier alpha value is -1.05. The van der Waals surface area contributed by atoms with E-state index in [-0.39, 0.29) is 30.1 Å². The van der Waals surface area contributed by atoms with Crippen LogP contribution in [0.2, 0.25) is 0 Å². The number of anilines is 1. The van der Waals surface area contributed by atoms with Crippen LogP contribution in [0.5, 0.6) is 5.75 Å². The largest absolute Gasteiger partial charge is 0.435 e. The number of nitrogens with zero attached hydrogens (tertiary/aromatic N) is 1. The number of hydrogen-bond donors (Lipinski definition) is 1. The number of ether oxygens (including phenoxy) is 1. The van der Waals surface area contributed by atoms with E-state index in [1.165, 1.54) is 6.07 Å². The van der Waals surface area contributed by atoms with Gasteiger partial charge in [-0.3, -0.25) is 4.79 Å². The topological polar surface area (TPSA) is 41.6 Å². The summed E-state index contributed by atoms with van der Waals surface area (Å²) in [6.45, 7) is -1.21. The Morgan fingerprint density at radius 3 is 3.00 bits per heavy atom. The smallest absolute Gasteiger partial charge is 0.387 e. The van der Waals surface area contributed by atoms with E-state index in [2.05, 4.69) is 10.1 Å². The highest BCUT2D eigenvalue weighted by atomic mass is 35.5. The van der Waals surface area contributed by atoms with Crippen molar-refractivity contribution < 1.29 is 18.3 Å². The van der Waals surface area contributed by atoms with Crippen molar-refractivity contribution in [1.29, 1.82) is 0 Å². The lowest BCUT2D eigenvalue weighted by Crippen LogP contribution is -2.44. The summed E-state index contributed by atoms with van der Waals surface area (Å²) in [5.41, 5.74) is 1.72. The molecule has 1 amide bonds. The van der Waals surface area contributed by atoms with E-state index >= 15 is 0 Å². The molecular formula is C16H21ClF2N2O2S. The van der Waals surface area contributed by atoms with Crippen molar-refractivity contribution in [1.82, 2.24) is 5.32 Å². The fraction of sp³-hybridized carbons (Fsp3) is 0.562. The standard InChI is InChI=1S/C16H20F2N2O2S.ClH/c17-16(18)22-13-3-4-14-11(8-13)2-1-6-20(14)15(21)9-12-10-23-7-5-19-12;/h3-4,8,12,16,19H,1-2,5-7,9-10H2;1H. The number of fused-ring (bicyclic) bond motifs is 1. The van der Waals surface area contributed by atoms with Crippen molar-refractivity contribution in [3.63, 3.8) is 0 Å². The van der Waals surface area contributed by atoms with Gasteiger partial charge in [-0.25, -0.2) is 0 Å². The third kappa shape index (κ3) is 4.74. The number of halogens is 3. The second kappa shape index (κ2) is 8.87. The molecule has 2 aliphatic heterocycles. The SMILES string of the molecule is Cl.O=C(CC1CSCCN1)N1CCCc2cc(OC(F)F)ccc21. The monoisotopic (exact) mass is 378 g/mol. The number of carbonyl (C=O) groups is 1. The second-order valence-electron chi connectivity index (χ2n) is 5.75. The number of thioether (sulfide) groups is 1. The Labute approximate surface area is 150 Å². The van der Waals surface area contributed by atoms with Crippen molar-refractivity contribution in [2.75, 3.05) is 29.5 Å². The van der Waals surface area contributed by atoms with Gasteiger partial charge in [0.2, 0.25) is 5.91 Å². The van der Waals surface area contributed by atoms with Crippen molar-refractivity contribution in [3.05, 3.63) is 23.8 Å². The number of benzene rings is 1. The quantitative estimate of drug-likeness (QED) is 0.874. The average molecular weight is 379 g/mol. The molecule has 1 atom stereocenters. The van der Waals surface area contributed by atoms with Gasteiger partial charge in [-0.1, -0.05) is 0 Å². The lowest BCUT2D eigenvalue weighted by molar-refractivity contribution is -0.119. The minimum Gasteiger partial charge on any atom is -0.435 e. The number of hydrogen-bond acceptors (Lipinski definition) is 4. The lowest BCUT2D eigenvalue weighted by Gasteiger charge is -2.32. The molecular weight excluding hydrogens is 358 g/mol. The zero-order valence-corrected chi connectivity index (χ0v) is 14.8. The van der Waals surface area contributed by atoms with Crippen LogP contribution in [0.4, 0.5) is 14.5 Å². The molecule has 1 saturated heterocycles. The third-order valence-corrected chi connectivity index (χ3v) is 5.25. The second-order valence-corrected chi connectivity index (χ2v) is 6.90. The molecule has 0 aliphatic carbocycles. The first-order valence-electron chi connectivity index (χ1n) is 7.83. The van der Waals surface area contributed by atoms with Gasteiger partial charge < -0.3 is 15.0 Å². The Bertz CT molecular complexity index is 571. The van der Waals surface area contributed by atoms with E-state index in [0.717, 1.165) is 42.1 Å². The highest BCUT2D eigenvalue weighted by Gasteiger charge is 2.26. The van der Waals surface area contributed by atoms with Crippen LogP contribution in [-0.4, -0.2) is 43.2 Å². The fourth-order valence-corrected chi connectivity index (χ4v) is 4.03. The summed E-state index contributed by atoms with van der Waals surface area (Å²) in [5, 5.41) is 3.37. The predicted molar refractivity (Wildman–Crippen MR) is 94.7 cm³/mol. The summed E-state index contributed by atoms with van der Waals surface area (Å²) in [6, 6.07) is 5.06. The maximum absolute atomic E-state index is 12.6. The van der Waals surface area contributed by atoms with Crippen molar-refractivity contribution in [3.8, 4) is 5.75 Å². The van der Waals surface area contributed by atoms with Crippen LogP contribution >= 0.6 is 24.2 Å². The number of rotatable bonds is 4.